The Morgan fingerprint density at radius 2 is 0.672 bits per heavy atom. The molecule has 0 radical (unpaired) electrons. The molecule has 0 aliphatic rings. The molecular weight excluding hydrogens is 1850 g/mol. The summed E-state index contributed by atoms with van der Waals surface area (Å²) < 4.78 is 306. The third kappa shape index (κ3) is 24.3. The largest absolute Gasteiger partial charge is 0.467 e. The number of carbonyl (C=O) groups is 6. The minimum atomic E-state index is -4.75. The van der Waals surface area contributed by atoms with Gasteiger partial charge in [-0.05, 0) is 141 Å². The van der Waals surface area contributed by atoms with Crippen LogP contribution in [0.1, 0.15) is 110 Å². The van der Waals surface area contributed by atoms with Gasteiger partial charge in [-0.2, -0.15) is 65.9 Å². The van der Waals surface area contributed by atoms with Gasteiger partial charge in [0.25, 0.3) is 17.7 Å². The Balaban J connectivity index is 0.000000198. The quantitative estimate of drug-likeness (QED) is 0.0158. The first kappa shape index (κ1) is 103. The number of rotatable bonds is 27. The minimum absolute atomic E-state index is 0.0442. The highest BCUT2D eigenvalue weighted by molar-refractivity contribution is 6.06. The molecule has 0 unspecified atom stereocenters. The van der Waals surface area contributed by atoms with Gasteiger partial charge in [-0.15, -0.1) is 0 Å². The van der Waals surface area contributed by atoms with E-state index in [1.165, 1.54) is 101 Å². The number of esters is 3. The molecule has 0 saturated carbocycles. The fourth-order valence-electron chi connectivity index (χ4n) is 14.9. The van der Waals surface area contributed by atoms with E-state index < -0.39 is 195 Å². The number of hydrogen-bond donors (Lipinski definition) is 6. The molecule has 43 heteroatoms. The first-order valence-corrected chi connectivity index (χ1v) is 41.1. The second-order valence-electron chi connectivity index (χ2n) is 30.6. The third-order valence-electron chi connectivity index (χ3n) is 21.4. The molecule has 0 aliphatic carbocycles. The zero-order valence-corrected chi connectivity index (χ0v) is 72.8. The van der Waals surface area contributed by atoms with E-state index in [1.807, 2.05) is 22.9 Å². The molecule has 0 bridgehead atoms. The smallest absolute Gasteiger partial charge is 0.418 e. The van der Waals surface area contributed by atoms with Gasteiger partial charge in [0.1, 0.15) is 87.8 Å². The van der Waals surface area contributed by atoms with Gasteiger partial charge >= 0.3 is 48.8 Å². The Bertz CT molecular complexity index is 6630. The molecule has 3 amide bonds. The Morgan fingerprint density at radius 3 is 1.01 bits per heavy atom. The van der Waals surface area contributed by atoms with E-state index in [2.05, 4.69) is 50.8 Å². The number of ether oxygens (including phenoxy) is 3. The summed E-state index contributed by atoms with van der Waals surface area (Å²) in [6.07, 6.45) is -18.4. The highest BCUT2D eigenvalue weighted by Gasteiger charge is 2.44. The van der Waals surface area contributed by atoms with Crippen LogP contribution in [-0.4, -0.2) is 147 Å². The Hall–Kier alpha value is -14.8. The van der Waals surface area contributed by atoms with Crippen LogP contribution in [0.5, 0.6) is 0 Å². The van der Waals surface area contributed by atoms with Crippen molar-refractivity contribution in [3.63, 3.8) is 0 Å². The summed E-state index contributed by atoms with van der Waals surface area (Å²) in [6, 6.07) is 20.3. The van der Waals surface area contributed by atoms with Gasteiger partial charge in [-0.1, -0.05) is 81.4 Å². The summed E-state index contributed by atoms with van der Waals surface area (Å²) in [4.78, 5) is 107. The van der Waals surface area contributed by atoms with Crippen molar-refractivity contribution in [1.29, 1.82) is 0 Å². The van der Waals surface area contributed by atoms with Gasteiger partial charge < -0.3 is 46.1 Å². The minimum Gasteiger partial charge on any atom is -0.467 e. The van der Waals surface area contributed by atoms with Gasteiger partial charge in [0.05, 0.1) is 60.2 Å². The number of amides is 3. The summed E-state index contributed by atoms with van der Waals surface area (Å²) in [7, 11) is 3.09. The summed E-state index contributed by atoms with van der Waals surface area (Å²) in [5, 5.41) is 14.3. The molecule has 6 aromatic heterocycles. The van der Waals surface area contributed by atoms with E-state index in [0.29, 0.717) is 97.2 Å². The molecule has 6 N–H and O–H groups in total. The first-order valence-electron chi connectivity index (χ1n) is 41.1. The lowest BCUT2D eigenvalue weighted by Crippen LogP contribution is -2.43. The average molecular weight is 1930 g/mol. The number of fused-ring (bicyclic) bond motifs is 4. The van der Waals surface area contributed by atoms with E-state index in [1.54, 1.807) is 60.9 Å². The molecule has 0 spiro atoms. The summed E-state index contributed by atoms with van der Waals surface area (Å²) in [6.45, 7) is 7.05. The number of alkyl halides is 15. The van der Waals surface area contributed by atoms with Crippen LogP contribution in [-0.2, 0) is 60.2 Å². The van der Waals surface area contributed by atoms with E-state index >= 15 is 0 Å². The van der Waals surface area contributed by atoms with Crippen LogP contribution in [0.2, 0.25) is 0 Å². The van der Waals surface area contributed by atoms with E-state index in [0.717, 1.165) is 39.2 Å². The number of methoxy groups -OCH3 is 3. The maximum Gasteiger partial charge on any atom is 0.418 e. The van der Waals surface area contributed by atoms with Crippen LogP contribution in [0, 0.1) is 48.8 Å². The lowest BCUT2D eigenvalue weighted by atomic mass is 9.91. The van der Waals surface area contributed by atoms with Crippen LogP contribution < -0.4 is 31.9 Å². The molecule has 13 aromatic rings. The van der Waals surface area contributed by atoms with Crippen molar-refractivity contribution in [1.82, 2.24) is 50.8 Å². The van der Waals surface area contributed by atoms with Gasteiger partial charge in [0.15, 0.2) is 5.82 Å². The lowest BCUT2D eigenvalue weighted by Gasteiger charge is -2.22. The van der Waals surface area contributed by atoms with Crippen molar-refractivity contribution in [2.75, 3.05) is 37.3 Å². The molecule has 0 fully saturated rings. The molecule has 7 aromatic carbocycles. The SMILES string of the molecule is CC[C@@H](Nc1cc(F)c(C(=O)N[C@@H](Cc2ccc(-c3c(C(F)(F)F)ccc4cccnc34)c3ncccc23)C(=O)OC)c(F)c1)C(F)(F)F.CC[C@@H](Nc1cc(F)c(C(=O)N[C@@H](Cc2ccc(-c3nc(C)ccc3C(F)(F)F)c3ncccc23)C(=O)OC)c(F)c1)C(F)(F)F.CC[C@@H](Nc1cc(F)c(C(=O)N[C@@H](Cc2ccc(-c3nccc(C)n3)c3ncccc23)C(=O)OC)c(F)c1)C(F)(F)F. The molecule has 6 atom stereocenters. The van der Waals surface area contributed by atoms with Gasteiger partial charge in [-0.3, -0.25) is 39.3 Å². The first-order chi connectivity index (χ1) is 64.6. The predicted molar refractivity (Wildman–Crippen MR) is 461 cm³/mol. The Kier molecular flexibility index (Phi) is 32.1. The Labute approximate surface area is 764 Å². The molecule has 0 aliphatic heterocycles. The number of nitrogens with zero attached hydrogens (tertiary/aromatic N) is 7. The number of benzene rings is 7. The van der Waals surface area contributed by atoms with Gasteiger partial charge in [0, 0.05) is 122 Å². The summed E-state index contributed by atoms with van der Waals surface area (Å²) >= 11 is 0. The van der Waals surface area contributed by atoms with Gasteiger partial charge in [0.2, 0.25) is 0 Å². The number of pyridine rings is 5. The third-order valence-corrected chi connectivity index (χ3v) is 21.4. The van der Waals surface area contributed by atoms with Crippen molar-refractivity contribution in [3.8, 4) is 33.8 Å². The van der Waals surface area contributed by atoms with Crippen molar-refractivity contribution in [2.45, 2.75) is 140 Å². The molecular formula is C94H78F21N13O9. The molecule has 0 saturated heterocycles. The van der Waals surface area contributed by atoms with Crippen LogP contribution in [0.15, 0.2) is 183 Å². The van der Waals surface area contributed by atoms with Crippen LogP contribution in [0.4, 0.5) is 109 Å². The number of carbonyl (C=O) groups excluding carboxylic acids is 6. The number of anilines is 3. The summed E-state index contributed by atoms with van der Waals surface area (Å²) in [5.74, 6) is -15.4. The number of nitrogens with one attached hydrogen (secondary N) is 6. The maximum absolute atomic E-state index is 15.0. The highest BCUT2D eigenvalue weighted by atomic mass is 19.4. The highest BCUT2D eigenvalue weighted by Crippen LogP contribution is 2.45. The number of halogens is 21. The molecule has 13 rings (SSSR count). The fraction of sp³-hybridized carbons (Fsp3) is 0.266. The normalized spacial score (nSPS) is 13.2. The van der Waals surface area contributed by atoms with E-state index in [9.17, 15) is 121 Å². The van der Waals surface area contributed by atoms with Crippen LogP contribution >= 0.6 is 0 Å². The second-order valence-corrected chi connectivity index (χ2v) is 30.6. The van der Waals surface area contributed by atoms with Crippen molar-refractivity contribution in [3.05, 3.63) is 273 Å². The van der Waals surface area contributed by atoms with Crippen molar-refractivity contribution >= 4 is 96.3 Å². The topological polar surface area (TPSA) is 293 Å². The zero-order valence-electron chi connectivity index (χ0n) is 72.8. The van der Waals surface area contributed by atoms with Gasteiger partial charge in [-0.25, -0.2) is 50.7 Å². The average Bonchev–Trinajstić information content (AvgIpc) is 0.744. The molecule has 137 heavy (non-hydrogen) atoms. The fourth-order valence-corrected chi connectivity index (χ4v) is 14.9. The van der Waals surface area contributed by atoms with Crippen molar-refractivity contribution in [2.24, 2.45) is 0 Å². The zero-order chi connectivity index (χ0) is 100. The summed E-state index contributed by atoms with van der Waals surface area (Å²) in [5.41, 5.74) is -3.72. The predicted octanol–water partition coefficient (Wildman–Crippen LogP) is 20.7. The van der Waals surface area contributed by atoms with E-state index in [-0.39, 0.29) is 64.6 Å². The molecule has 720 valence electrons. The van der Waals surface area contributed by atoms with E-state index in [4.69, 9.17) is 14.2 Å². The lowest BCUT2D eigenvalue weighted by molar-refractivity contribution is -0.143. The maximum atomic E-state index is 15.0. The van der Waals surface area contributed by atoms with Crippen LogP contribution in [0.25, 0.3) is 77.4 Å². The number of hydrogen-bond acceptors (Lipinski definition) is 19. The van der Waals surface area contributed by atoms with Crippen molar-refractivity contribution < 1.29 is 135 Å². The molecule has 6 heterocycles. The standard InChI is InChI=1S/C34H26F8N4O3.C31H26F8N4O3.C29H26F5N5O3/c1-3-26(34(40,41)42)45-19-15-23(35)28(24(36)16-19)31(47)46-25(32(48)49-2)14-18-8-10-21(30-20(18)7-5-13-44-30)27-22(33(37,38)39)11-9-17-6-4-12-43-29(17)27;1-4-24(31(37,38)39)42-17-13-21(32)25(22(33)14-17)28(44)43-23(29(45)46-3)12-16-8-9-19(26-18(16)6-5-11-40-26)27-20(30(34,35)36)10-7-15(2)41-27;1-4-23(29(32,33)34)38-17-13-20(30)24(21(31)14-17)27(40)39-22(28(41)42-3)12-16-7-8-19(25-18(16)6-5-10-35-25)26-36-11-9-15(2)37-26/h4-13,15-16,25-26,45H,3,14H2,1-2H3,(H,46,47);5-11,13-14,23-24,42H,4,12H2,1-3H3,(H,43,44);5-11,13-14,22-23,38H,4,12H2,1-3H3,(H,39,40)/t25-,26+;23-,24+;22-,23+/m000/s1. The second kappa shape index (κ2) is 42.8. The Morgan fingerprint density at radius 1 is 0.350 bits per heavy atom. The van der Waals surface area contributed by atoms with Crippen LogP contribution in [0.3, 0.4) is 0 Å². The monoisotopic (exact) mass is 1930 g/mol. The number of aromatic nitrogens is 7. The molecule has 22 nitrogen and oxygen atoms in total. The number of aryl methyl sites for hydroxylation is 2.